The number of carbonyl (C=O) groups excluding carboxylic acids is 1. The SMILES string of the molecule is CCOc1cc([C@H]2C(C(N)=O)=C(C)Nc3nc(C)nn32)ccc1OCc1ccccc1. The van der Waals surface area contributed by atoms with Crippen molar-refractivity contribution in [2.24, 2.45) is 5.73 Å². The minimum absolute atomic E-state index is 0.422. The van der Waals surface area contributed by atoms with Crippen LogP contribution in [0, 0.1) is 6.92 Å². The van der Waals surface area contributed by atoms with Gasteiger partial charge in [0.1, 0.15) is 18.5 Å². The van der Waals surface area contributed by atoms with Crippen molar-refractivity contribution in [2.75, 3.05) is 11.9 Å². The molecule has 0 saturated carbocycles. The molecule has 0 bridgehead atoms. The van der Waals surface area contributed by atoms with Crippen LogP contribution in [0.25, 0.3) is 0 Å². The first-order chi connectivity index (χ1) is 15.0. The van der Waals surface area contributed by atoms with E-state index in [0.29, 0.717) is 47.8 Å². The Labute approximate surface area is 180 Å². The topological polar surface area (TPSA) is 104 Å². The van der Waals surface area contributed by atoms with Crippen molar-refractivity contribution in [3.8, 4) is 11.5 Å². The van der Waals surface area contributed by atoms with E-state index >= 15 is 0 Å². The number of nitrogens with two attached hydrogens (primary N) is 1. The van der Waals surface area contributed by atoms with Gasteiger partial charge in [-0.1, -0.05) is 36.4 Å². The van der Waals surface area contributed by atoms with Crippen LogP contribution in [0.2, 0.25) is 0 Å². The zero-order valence-electron chi connectivity index (χ0n) is 17.8. The van der Waals surface area contributed by atoms with Crippen molar-refractivity contribution in [1.82, 2.24) is 14.8 Å². The summed E-state index contributed by atoms with van der Waals surface area (Å²) in [5, 5.41) is 7.59. The summed E-state index contributed by atoms with van der Waals surface area (Å²) in [5.41, 5.74) is 8.68. The highest BCUT2D eigenvalue weighted by Gasteiger charge is 2.33. The summed E-state index contributed by atoms with van der Waals surface area (Å²) < 4.78 is 13.5. The lowest BCUT2D eigenvalue weighted by molar-refractivity contribution is -0.115. The Morgan fingerprint density at radius 1 is 1.13 bits per heavy atom. The molecule has 4 rings (SSSR count). The average Bonchev–Trinajstić information content (AvgIpc) is 3.12. The number of carbonyl (C=O) groups is 1. The predicted octanol–water partition coefficient (Wildman–Crippen LogP) is 3.34. The Hall–Kier alpha value is -3.81. The number of primary amides is 1. The van der Waals surface area contributed by atoms with Crippen molar-refractivity contribution < 1.29 is 14.3 Å². The van der Waals surface area contributed by atoms with E-state index in [1.807, 2.05) is 55.5 Å². The molecule has 160 valence electrons. The number of ether oxygens (including phenoxy) is 2. The summed E-state index contributed by atoms with van der Waals surface area (Å²) in [6.45, 7) is 6.42. The molecule has 1 aliphatic rings. The zero-order chi connectivity index (χ0) is 22.0. The number of hydrogen-bond acceptors (Lipinski definition) is 6. The van der Waals surface area contributed by atoms with Crippen LogP contribution >= 0.6 is 0 Å². The van der Waals surface area contributed by atoms with Crippen molar-refractivity contribution >= 4 is 11.9 Å². The van der Waals surface area contributed by atoms with Crippen LogP contribution in [0.1, 0.15) is 36.8 Å². The third kappa shape index (κ3) is 4.09. The van der Waals surface area contributed by atoms with Crippen LogP contribution in [0.15, 0.2) is 59.8 Å². The van der Waals surface area contributed by atoms with Gasteiger partial charge in [-0.3, -0.25) is 4.79 Å². The van der Waals surface area contributed by atoms with E-state index in [1.165, 1.54) is 0 Å². The van der Waals surface area contributed by atoms with Crippen LogP contribution in [0.3, 0.4) is 0 Å². The highest BCUT2D eigenvalue weighted by molar-refractivity contribution is 5.95. The van der Waals surface area contributed by atoms with E-state index in [0.717, 1.165) is 11.1 Å². The lowest BCUT2D eigenvalue weighted by atomic mass is 9.95. The molecule has 0 unspecified atom stereocenters. The van der Waals surface area contributed by atoms with Gasteiger partial charge in [0.25, 0.3) is 0 Å². The fraction of sp³-hybridized carbons (Fsp3) is 0.261. The number of fused-ring (bicyclic) bond motifs is 1. The van der Waals surface area contributed by atoms with Crippen LogP contribution in [0.4, 0.5) is 5.95 Å². The molecule has 8 nitrogen and oxygen atoms in total. The molecular weight excluding hydrogens is 394 g/mol. The molecule has 0 aliphatic carbocycles. The number of benzene rings is 2. The maximum absolute atomic E-state index is 12.3. The number of allylic oxidation sites excluding steroid dienone is 1. The van der Waals surface area contributed by atoms with E-state index in [1.54, 1.807) is 18.5 Å². The summed E-state index contributed by atoms with van der Waals surface area (Å²) >= 11 is 0. The first-order valence-electron chi connectivity index (χ1n) is 10.1. The minimum Gasteiger partial charge on any atom is -0.490 e. The summed E-state index contributed by atoms with van der Waals surface area (Å²) in [6, 6.07) is 15.0. The first-order valence-corrected chi connectivity index (χ1v) is 10.1. The number of aromatic nitrogens is 3. The number of anilines is 1. The van der Waals surface area contributed by atoms with E-state index in [9.17, 15) is 4.79 Å². The molecule has 0 saturated heterocycles. The van der Waals surface area contributed by atoms with Gasteiger partial charge in [0.15, 0.2) is 11.5 Å². The predicted molar refractivity (Wildman–Crippen MR) is 117 cm³/mol. The normalized spacial score (nSPS) is 15.3. The lowest BCUT2D eigenvalue weighted by Gasteiger charge is -2.28. The van der Waals surface area contributed by atoms with Gasteiger partial charge in [0.2, 0.25) is 11.9 Å². The molecule has 1 aromatic heterocycles. The van der Waals surface area contributed by atoms with Gasteiger partial charge in [-0.05, 0) is 44.0 Å². The molecule has 2 heterocycles. The fourth-order valence-electron chi connectivity index (χ4n) is 3.70. The molecule has 2 aromatic carbocycles. The molecule has 3 N–H and O–H groups in total. The van der Waals surface area contributed by atoms with Crippen molar-refractivity contribution in [2.45, 2.75) is 33.4 Å². The number of amides is 1. The van der Waals surface area contributed by atoms with Gasteiger partial charge in [0, 0.05) is 5.70 Å². The highest BCUT2D eigenvalue weighted by atomic mass is 16.5. The van der Waals surface area contributed by atoms with Gasteiger partial charge in [-0.15, -0.1) is 0 Å². The van der Waals surface area contributed by atoms with Gasteiger partial charge in [0.05, 0.1) is 12.2 Å². The van der Waals surface area contributed by atoms with Crippen molar-refractivity contribution in [3.05, 3.63) is 76.8 Å². The Bertz CT molecular complexity index is 1140. The Kier molecular flexibility index (Phi) is 5.62. The largest absolute Gasteiger partial charge is 0.490 e. The molecule has 0 radical (unpaired) electrons. The molecule has 1 atom stereocenters. The van der Waals surface area contributed by atoms with E-state index < -0.39 is 11.9 Å². The number of aryl methyl sites for hydroxylation is 1. The monoisotopic (exact) mass is 419 g/mol. The molecule has 3 aromatic rings. The summed E-state index contributed by atoms with van der Waals surface area (Å²) in [4.78, 5) is 16.7. The minimum atomic E-state index is -0.517. The number of rotatable bonds is 7. The van der Waals surface area contributed by atoms with Gasteiger partial charge in [-0.25, -0.2) is 4.68 Å². The molecule has 31 heavy (non-hydrogen) atoms. The molecule has 1 amide bonds. The van der Waals surface area contributed by atoms with Crippen LogP contribution in [-0.2, 0) is 11.4 Å². The van der Waals surface area contributed by atoms with E-state index in [4.69, 9.17) is 15.2 Å². The molecular formula is C23H25N5O3. The third-order valence-electron chi connectivity index (χ3n) is 5.04. The molecule has 1 aliphatic heterocycles. The lowest BCUT2D eigenvalue weighted by Crippen LogP contribution is -2.31. The Balaban J connectivity index is 1.73. The standard InChI is InChI=1S/C23H25N5O3/c1-4-30-19-12-17(10-11-18(19)31-13-16-8-6-5-7-9-16)21-20(22(24)29)14(2)25-23-26-15(3)27-28(21)23/h5-12,21H,4,13H2,1-3H3,(H2,24,29)(H,25,26,27)/t21-/m0/s1. The highest BCUT2D eigenvalue weighted by Crippen LogP contribution is 2.38. The number of nitrogens with one attached hydrogen (secondary N) is 1. The first kappa shape index (κ1) is 20.5. The van der Waals surface area contributed by atoms with E-state index in [2.05, 4.69) is 15.4 Å². The summed E-state index contributed by atoms with van der Waals surface area (Å²) in [5.74, 6) is 1.86. The Morgan fingerprint density at radius 3 is 2.61 bits per heavy atom. The quantitative estimate of drug-likeness (QED) is 0.609. The maximum atomic E-state index is 12.3. The van der Waals surface area contributed by atoms with Crippen LogP contribution < -0.4 is 20.5 Å². The third-order valence-corrected chi connectivity index (χ3v) is 5.04. The van der Waals surface area contributed by atoms with Crippen molar-refractivity contribution in [3.63, 3.8) is 0 Å². The van der Waals surface area contributed by atoms with Crippen LogP contribution in [0.5, 0.6) is 11.5 Å². The van der Waals surface area contributed by atoms with Gasteiger partial charge >= 0.3 is 0 Å². The second kappa shape index (κ2) is 8.51. The molecule has 8 heteroatoms. The van der Waals surface area contributed by atoms with Gasteiger partial charge < -0.3 is 20.5 Å². The Morgan fingerprint density at radius 2 is 1.90 bits per heavy atom. The molecule has 0 spiro atoms. The molecule has 0 fully saturated rings. The van der Waals surface area contributed by atoms with Gasteiger partial charge in [-0.2, -0.15) is 10.1 Å². The second-order valence-electron chi connectivity index (χ2n) is 7.27. The van der Waals surface area contributed by atoms with Crippen LogP contribution in [-0.4, -0.2) is 27.3 Å². The smallest absolute Gasteiger partial charge is 0.248 e. The number of hydrogen-bond donors (Lipinski definition) is 2. The zero-order valence-corrected chi connectivity index (χ0v) is 17.8. The fourth-order valence-corrected chi connectivity index (χ4v) is 3.70. The van der Waals surface area contributed by atoms with E-state index in [-0.39, 0.29) is 0 Å². The maximum Gasteiger partial charge on any atom is 0.248 e. The summed E-state index contributed by atoms with van der Waals surface area (Å²) in [6.07, 6.45) is 0. The van der Waals surface area contributed by atoms with Crippen molar-refractivity contribution in [1.29, 1.82) is 0 Å². The average molecular weight is 419 g/mol. The summed E-state index contributed by atoms with van der Waals surface area (Å²) in [7, 11) is 0. The number of nitrogens with zero attached hydrogens (tertiary/aromatic N) is 3. The second-order valence-corrected chi connectivity index (χ2v) is 7.27.